The molecule has 0 aliphatic carbocycles. The third-order valence-electron chi connectivity index (χ3n) is 2.35. The van der Waals surface area contributed by atoms with Gasteiger partial charge in [-0.2, -0.15) is 0 Å². The van der Waals surface area contributed by atoms with Crippen molar-refractivity contribution < 1.29 is 4.55 Å². The number of rotatable bonds is 4. The Morgan fingerprint density at radius 1 is 1.41 bits per heavy atom. The average Bonchev–Trinajstić information content (AvgIpc) is 2.58. The van der Waals surface area contributed by atoms with Crippen LogP contribution in [0, 0.1) is 5.92 Å². The first-order chi connectivity index (χ1) is 7.71. The molecule has 2 nitrogen and oxygen atoms in total. The van der Waals surface area contributed by atoms with Gasteiger partial charge >= 0.3 is 0 Å². The zero-order valence-electron chi connectivity index (χ0n) is 10.9. The van der Waals surface area contributed by atoms with Crippen molar-refractivity contribution >= 4 is 38.6 Å². The van der Waals surface area contributed by atoms with E-state index in [4.69, 9.17) is 0 Å². The zero-order valence-corrected chi connectivity index (χ0v) is 14.1. The molecule has 1 rings (SSSR count). The Morgan fingerprint density at radius 3 is 2.35 bits per heavy atom. The summed E-state index contributed by atoms with van der Waals surface area (Å²) in [6.07, 6.45) is 0. The molecule has 0 spiro atoms. The van der Waals surface area contributed by atoms with Gasteiger partial charge in [-0.3, -0.25) is 0 Å². The van der Waals surface area contributed by atoms with E-state index in [1.807, 2.05) is 20.8 Å². The van der Waals surface area contributed by atoms with Crippen molar-refractivity contribution in [3.63, 3.8) is 0 Å². The quantitative estimate of drug-likeness (QED) is 0.833. The smallest absolute Gasteiger partial charge is 0.136 e. The molecule has 0 saturated heterocycles. The van der Waals surface area contributed by atoms with Crippen molar-refractivity contribution in [1.29, 1.82) is 0 Å². The second kappa shape index (κ2) is 6.06. The van der Waals surface area contributed by atoms with E-state index in [1.165, 1.54) is 4.88 Å². The molecule has 1 aromatic rings. The van der Waals surface area contributed by atoms with E-state index in [2.05, 4.69) is 45.9 Å². The van der Waals surface area contributed by atoms with Crippen LogP contribution >= 0.6 is 27.3 Å². The lowest BCUT2D eigenvalue weighted by Crippen LogP contribution is -2.42. The average molecular weight is 338 g/mol. The lowest BCUT2D eigenvalue weighted by molar-refractivity contribution is 0.457. The molecule has 1 N–H and O–H groups in total. The Bertz CT molecular complexity index is 360. The predicted octanol–water partition coefficient (Wildman–Crippen LogP) is 4.26. The first-order valence-corrected chi connectivity index (χ1v) is 8.46. The van der Waals surface area contributed by atoms with E-state index in [0.29, 0.717) is 5.92 Å². The maximum Gasteiger partial charge on any atom is 0.136 e. The van der Waals surface area contributed by atoms with Crippen LogP contribution in [0.3, 0.4) is 0 Å². The SMILES string of the molecule is CC(C)[C@@H](N[S+]([O-])C(C)(C)C)c1cc(Br)cs1. The standard InChI is InChI=1S/C12H20BrNOS2/c1-8(2)11(10-6-9(13)7-16-10)14-17(15)12(3,4)5/h6-8,11,14H,1-5H3/t11-,17?/m1/s1. The van der Waals surface area contributed by atoms with E-state index < -0.39 is 11.4 Å². The molecule has 1 heterocycles. The van der Waals surface area contributed by atoms with Crippen LogP contribution in [0.1, 0.15) is 45.5 Å². The fourth-order valence-corrected chi connectivity index (χ4v) is 4.03. The van der Waals surface area contributed by atoms with Gasteiger partial charge in [0, 0.05) is 26.1 Å². The highest BCUT2D eigenvalue weighted by atomic mass is 79.9. The molecule has 1 unspecified atom stereocenters. The van der Waals surface area contributed by atoms with Crippen LogP contribution in [-0.2, 0) is 11.4 Å². The topological polar surface area (TPSA) is 35.1 Å². The number of hydrogen-bond donors (Lipinski definition) is 1. The summed E-state index contributed by atoms with van der Waals surface area (Å²) in [6.45, 7) is 10.2. The predicted molar refractivity (Wildman–Crippen MR) is 80.6 cm³/mol. The van der Waals surface area contributed by atoms with Crippen LogP contribution in [0.5, 0.6) is 0 Å². The summed E-state index contributed by atoms with van der Waals surface area (Å²) in [4.78, 5) is 1.23. The normalized spacial score (nSPS) is 16.2. The lowest BCUT2D eigenvalue weighted by atomic mass is 10.0. The van der Waals surface area contributed by atoms with Crippen LogP contribution in [0.2, 0.25) is 0 Å². The second-order valence-electron chi connectivity index (χ2n) is 5.39. The van der Waals surface area contributed by atoms with Crippen LogP contribution in [0.15, 0.2) is 15.9 Å². The summed E-state index contributed by atoms with van der Waals surface area (Å²) in [5.74, 6) is 0.409. The highest BCUT2D eigenvalue weighted by Gasteiger charge is 2.31. The van der Waals surface area contributed by atoms with E-state index in [0.717, 1.165) is 4.47 Å². The fourth-order valence-electron chi connectivity index (χ4n) is 1.31. The molecule has 98 valence electrons. The van der Waals surface area contributed by atoms with Crippen LogP contribution in [0.25, 0.3) is 0 Å². The van der Waals surface area contributed by atoms with Gasteiger partial charge in [-0.05, 0) is 48.7 Å². The number of nitrogens with one attached hydrogen (secondary N) is 1. The molecule has 0 bridgehead atoms. The number of thiophene rings is 1. The fraction of sp³-hybridized carbons (Fsp3) is 0.667. The van der Waals surface area contributed by atoms with Crippen LogP contribution < -0.4 is 4.72 Å². The molecule has 0 aliphatic heterocycles. The van der Waals surface area contributed by atoms with Gasteiger partial charge in [0.1, 0.15) is 4.75 Å². The molecule has 0 saturated carbocycles. The Labute approximate surface area is 120 Å². The van der Waals surface area contributed by atoms with E-state index in [1.54, 1.807) is 11.3 Å². The van der Waals surface area contributed by atoms with E-state index in [9.17, 15) is 4.55 Å². The molecular weight excluding hydrogens is 318 g/mol. The molecule has 1 aromatic heterocycles. The Hall–Kier alpha value is 0.450. The first-order valence-electron chi connectivity index (χ1n) is 5.64. The third-order valence-corrected chi connectivity index (χ3v) is 5.71. The first kappa shape index (κ1) is 15.5. The van der Waals surface area contributed by atoms with Crippen molar-refractivity contribution in [3.8, 4) is 0 Å². The van der Waals surface area contributed by atoms with Crippen molar-refractivity contribution in [2.45, 2.75) is 45.4 Å². The second-order valence-corrected chi connectivity index (χ2v) is 9.24. The van der Waals surface area contributed by atoms with Gasteiger partial charge in [0.2, 0.25) is 0 Å². The maximum absolute atomic E-state index is 12.2. The van der Waals surface area contributed by atoms with Gasteiger partial charge in [-0.15, -0.1) is 16.1 Å². The minimum Gasteiger partial charge on any atom is -0.598 e. The Morgan fingerprint density at radius 2 is 2.00 bits per heavy atom. The van der Waals surface area contributed by atoms with Gasteiger partial charge in [-0.25, -0.2) is 0 Å². The summed E-state index contributed by atoms with van der Waals surface area (Å²) < 4.78 is 16.3. The minimum atomic E-state index is -1.04. The van der Waals surface area contributed by atoms with Gasteiger partial charge in [0.25, 0.3) is 0 Å². The molecule has 0 amide bonds. The summed E-state index contributed by atoms with van der Waals surface area (Å²) >= 11 is 4.12. The highest BCUT2D eigenvalue weighted by molar-refractivity contribution is 9.10. The van der Waals surface area contributed by atoms with Crippen molar-refractivity contribution in [3.05, 3.63) is 20.8 Å². The largest absolute Gasteiger partial charge is 0.598 e. The molecule has 0 aliphatic rings. The van der Waals surface area contributed by atoms with Gasteiger partial charge in [0.15, 0.2) is 0 Å². The van der Waals surface area contributed by atoms with E-state index in [-0.39, 0.29) is 10.8 Å². The molecule has 17 heavy (non-hydrogen) atoms. The molecule has 0 aromatic carbocycles. The van der Waals surface area contributed by atoms with Crippen molar-refractivity contribution in [1.82, 2.24) is 4.72 Å². The molecule has 5 heteroatoms. The van der Waals surface area contributed by atoms with Crippen LogP contribution in [0.4, 0.5) is 0 Å². The Kier molecular flexibility index (Phi) is 5.53. The summed E-state index contributed by atoms with van der Waals surface area (Å²) in [7, 11) is 0. The zero-order chi connectivity index (χ0) is 13.2. The van der Waals surface area contributed by atoms with Crippen molar-refractivity contribution in [2.24, 2.45) is 5.92 Å². The summed E-state index contributed by atoms with van der Waals surface area (Å²) in [5, 5.41) is 2.06. The van der Waals surface area contributed by atoms with Gasteiger partial charge in [0.05, 0.1) is 6.04 Å². The molecular formula is C12H20BrNOS2. The summed E-state index contributed by atoms with van der Waals surface area (Å²) in [5.41, 5.74) is 0. The number of halogens is 1. The van der Waals surface area contributed by atoms with Gasteiger partial charge < -0.3 is 4.55 Å². The number of hydrogen-bond acceptors (Lipinski definition) is 3. The maximum atomic E-state index is 12.2. The highest BCUT2D eigenvalue weighted by Crippen LogP contribution is 2.31. The third kappa shape index (κ3) is 4.56. The molecule has 0 fully saturated rings. The van der Waals surface area contributed by atoms with Crippen molar-refractivity contribution in [2.75, 3.05) is 0 Å². The molecule has 0 radical (unpaired) electrons. The summed E-state index contributed by atoms with van der Waals surface area (Å²) in [6, 6.07) is 2.24. The lowest BCUT2D eigenvalue weighted by Gasteiger charge is -2.29. The minimum absolute atomic E-state index is 0.145. The van der Waals surface area contributed by atoms with Crippen LogP contribution in [-0.4, -0.2) is 9.30 Å². The Balaban J connectivity index is 2.81. The van der Waals surface area contributed by atoms with Gasteiger partial charge in [-0.1, -0.05) is 13.8 Å². The monoisotopic (exact) mass is 337 g/mol. The van der Waals surface area contributed by atoms with E-state index >= 15 is 0 Å². The molecule has 2 atom stereocenters.